The van der Waals surface area contributed by atoms with Gasteiger partial charge >= 0.3 is 5.63 Å². The van der Waals surface area contributed by atoms with Crippen molar-refractivity contribution >= 4 is 34.8 Å². The molecule has 194 valence electrons. The van der Waals surface area contributed by atoms with Gasteiger partial charge in [-0.1, -0.05) is 40.5 Å². The average Bonchev–Trinajstić information content (AvgIpc) is 3.42. The highest BCUT2D eigenvalue weighted by atomic mass is 35.5. The standard InChI is InChI=1S/C27H18Cl2N6O4/c1-14-8-22-23(25(36)38-14)27(20(10-30)24(31)39-22)19-9-17(29)6-7-21(19)35(26(27)37)13-18-12-34(33-32-18)11-15-2-4-16(28)5-3-15/h2-9,12H,11,13,31H2,1H3. The van der Waals surface area contributed by atoms with E-state index in [9.17, 15) is 14.9 Å². The molecule has 2 N–H and O–H groups in total. The van der Waals surface area contributed by atoms with Gasteiger partial charge in [0.05, 0.1) is 19.3 Å². The second-order valence-electron chi connectivity index (χ2n) is 9.17. The van der Waals surface area contributed by atoms with Gasteiger partial charge in [-0.2, -0.15) is 5.26 Å². The summed E-state index contributed by atoms with van der Waals surface area (Å²) in [4.78, 5) is 29.1. The van der Waals surface area contributed by atoms with Crippen LogP contribution in [0, 0.1) is 18.3 Å². The summed E-state index contributed by atoms with van der Waals surface area (Å²) >= 11 is 12.3. The van der Waals surface area contributed by atoms with Gasteiger partial charge in [-0.15, -0.1) is 5.10 Å². The van der Waals surface area contributed by atoms with Gasteiger partial charge < -0.3 is 19.8 Å². The van der Waals surface area contributed by atoms with E-state index in [1.807, 2.05) is 18.2 Å². The smallest absolute Gasteiger partial charge is 0.344 e. The molecular formula is C27H18Cl2N6O4. The highest BCUT2D eigenvalue weighted by Crippen LogP contribution is 2.55. The molecule has 2 aromatic carbocycles. The molecule has 4 aromatic rings. The van der Waals surface area contributed by atoms with Crippen LogP contribution in [-0.4, -0.2) is 20.9 Å². The van der Waals surface area contributed by atoms with Crippen molar-refractivity contribution in [3.8, 4) is 11.8 Å². The number of aryl methyl sites for hydroxylation is 1. The van der Waals surface area contributed by atoms with Crippen LogP contribution in [0.1, 0.15) is 28.1 Å². The zero-order valence-electron chi connectivity index (χ0n) is 20.3. The number of benzene rings is 2. The van der Waals surface area contributed by atoms with Crippen molar-refractivity contribution in [1.29, 1.82) is 5.26 Å². The fraction of sp³-hybridized carbons (Fsp3) is 0.148. The lowest BCUT2D eigenvalue weighted by atomic mass is 9.69. The molecule has 2 aromatic heterocycles. The Morgan fingerprint density at radius 3 is 2.56 bits per heavy atom. The normalized spacial score (nSPS) is 17.7. The van der Waals surface area contributed by atoms with Crippen LogP contribution in [0.4, 0.5) is 5.69 Å². The Hall–Kier alpha value is -4.59. The maximum Gasteiger partial charge on any atom is 0.344 e. The van der Waals surface area contributed by atoms with Gasteiger partial charge in [0.1, 0.15) is 34.4 Å². The van der Waals surface area contributed by atoms with Gasteiger partial charge in [0.25, 0.3) is 0 Å². The number of hydrogen-bond acceptors (Lipinski definition) is 8. The molecule has 2 aliphatic rings. The van der Waals surface area contributed by atoms with Gasteiger partial charge in [0.15, 0.2) is 5.41 Å². The van der Waals surface area contributed by atoms with Gasteiger partial charge in [-0.3, -0.25) is 4.79 Å². The molecule has 39 heavy (non-hydrogen) atoms. The number of aromatic nitrogens is 3. The van der Waals surface area contributed by atoms with Crippen LogP contribution in [0.15, 0.2) is 75.4 Å². The van der Waals surface area contributed by atoms with E-state index in [0.29, 0.717) is 33.5 Å². The number of hydrogen-bond donors (Lipinski definition) is 1. The predicted octanol–water partition coefficient (Wildman–Crippen LogP) is 3.81. The van der Waals surface area contributed by atoms with Crippen LogP contribution in [0.2, 0.25) is 10.0 Å². The topological polar surface area (TPSA) is 140 Å². The number of rotatable bonds is 4. The van der Waals surface area contributed by atoms with E-state index in [-0.39, 0.29) is 35.1 Å². The highest BCUT2D eigenvalue weighted by Gasteiger charge is 2.61. The van der Waals surface area contributed by atoms with E-state index in [1.54, 1.807) is 48.1 Å². The fourth-order valence-electron chi connectivity index (χ4n) is 5.16. The minimum absolute atomic E-state index is 0.00182. The van der Waals surface area contributed by atoms with Crippen molar-refractivity contribution < 1.29 is 13.9 Å². The van der Waals surface area contributed by atoms with Crippen molar-refractivity contribution in [2.24, 2.45) is 5.73 Å². The second kappa shape index (κ2) is 9.01. The summed E-state index contributed by atoms with van der Waals surface area (Å²) < 4.78 is 12.6. The molecule has 6 rings (SSSR count). The molecule has 4 heterocycles. The third-order valence-electron chi connectivity index (χ3n) is 6.75. The van der Waals surface area contributed by atoms with Gasteiger partial charge in [0.2, 0.25) is 11.8 Å². The van der Waals surface area contributed by atoms with Crippen LogP contribution in [-0.2, 0) is 23.3 Å². The number of anilines is 1. The number of nitrogens with two attached hydrogens (primary N) is 1. The van der Waals surface area contributed by atoms with E-state index in [4.69, 9.17) is 38.1 Å². The molecule has 1 atom stereocenters. The molecule has 1 unspecified atom stereocenters. The summed E-state index contributed by atoms with van der Waals surface area (Å²) in [7, 11) is 0. The first-order chi connectivity index (χ1) is 18.7. The molecule has 0 bridgehead atoms. The average molecular weight is 561 g/mol. The molecule has 1 spiro atoms. The Balaban J connectivity index is 1.47. The van der Waals surface area contributed by atoms with Crippen molar-refractivity contribution in [2.75, 3.05) is 4.90 Å². The molecule has 0 aliphatic carbocycles. The molecular weight excluding hydrogens is 543 g/mol. The quantitative estimate of drug-likeness (QED) is 0.397. The van der Waals surface area contributed by atoms with Crippen molar-refractivity contribution in [1.82, 2.24) is 15.0 Å². The molecule has 0 radical (unpaired) electrons. The fourth-order valence-corrected chi connectivity index (χ4v) is 5.46. The molecule has 0 fully saturated rings. The molecule has 0 saturated heterocycles. The van der Waals surface area contributed by atoms with Crippen LogP contribution in [0.3, 0.4) is 0 Å². The van der Waals surface area contributed by atoms with Gasteiger partial charge in [-0.25, -0.2) is 9.48 Å². The minimum atomic E-state index is -1.92. The first-order valence-electron chi connectivity index (χ1n) is 11.7. The van der Waals surface area contributed by atoms with Crippen LogP contribution >= 0.6 is 23.2 Å². The maximum absolute atomic E-state index is 14.4. The Morgan fingerprint density at radius 1 is 1.08 bits per heavy atom. The molecule has 10 nitrogen and oxygen atoms in total. The third-order valence-corrected chi connectivity index (χ3v) is 7.24. The SMILES string of the molecule is Cc1cc2c(c(=O)o1)C1(C(=O)N(Cc3cn(Cc4ccc(Cl)cc4)nn3)c3ccc(Cl)cc31)C(C#N)=C(N)O2. The Morgan fingerprint density at radius 2 is 1.82 bits per heavy atom. The van der Waals surface area contributed by atoms with E-state index in [2.05, 4.69) is 10.3 Å². The zero-order chi connectivity index (χ0) is 27.5. The Labute approximate surface area is 231 Å². The largest absolute Gasteiger partial charge is 0.440 e. The first kappa shape index (κ1) is 24.7. The molecule has 0 saturated carbocycles. The van der Waals surface area contributed by atoms with E-state index in [1.165, 1.54) is 11.0 Å². The van der Waals surface area contributed by atoms with Crippen LogP contribution in [0.25, 0.3) is 0 Å². The Kier molecular flexibility index (Phi) is 5.71. The molecule has 2 aliphatic heterocycles. The monoisotopic (exact) mass is 560 g/mol. The number of nitriles is 1. The number of halogens is 2. The summed E-state index contributed by atoms with van der Waals surface area (Å²) in [5.74, 6) is -0.583. The molecule has 1 amide bonds. The lowest BCUT2D eigenvalue weighted by Crippen LogP contribution is -2.48. The van der Waals surface area contributed by atoms with E-state index >= 15 is 0 Å². The van der Waals surface area contributed by atoms with E-state index < -0.39 is 16.9 Å². The van der Waals surface area contributed by atoms with E-state index in [0.717, 1.165) is 5.56 Å². The predicted molar refractivity (Wildman–Crippen MR) is 141 cm³/mol. The number of carbonyl (C=O) groups excluding carboxylic acids is 1. The van der Waals surface area contributed by atoms with Crippen molar-refractivity contribution in [3.05, 3.63) is 115 Å². The second-order valence-corrected chi connectivity index (χ2v) is 10.0. The number of carbonyl (C=O) groups is 1. The summed E-state index contributed by atoms with van der Waals surface area (Å²) in [6.07, 6.45) is 1.72. The van der Waals surface area contributed by atoms with Crippen molar-refractivity contribution in [3.63, 3.8) is 0 Å². The summed E-state index contributed by atoms with van der Waals surface area (Å²) in [6, 6.07) is 15.6. The minimum Gasteiger partial charge on any atom is -0.440 e. The summed E-state index contributed by atoms with van der Waals surface area (Å²) in [5.41, 5.74) is 5.26. The van der Waals surface area contributed by atoms with Crippen molar-refractivity contribution in [2.45, 2.75) is 25.4 Å². The van der Waals surface area contributed by atoms with Gasteiger partial charge in [0, 0.05) is 27.4 Å². The molecule has 12 heteroatoms. The third kappa shape index (κ3) is 3.78. The highest BCUT2D eigenvalue weighted by molar-refractivity contribution is 6.31. The summed E-state index contributed by atoms with van der Waals surface area (Å²) in [5, 5.41) is 19.5. The van der Waals surface area contributed by atoms with Crippen LogP contribution in [0.5, 0.6) is 5.75 Å². The zero-order valence-corrected chi connectivity index (χ0v) is 21.8. The lowest BCUT2D eigenvalue weighted by Gasteiger charge is -2.33. The number of fused-ring (bicyclic) bond motifs is 4. The first-order valence-corrected chi connectivity index (χ1v) is 12.5. The van der Waals surface area contributed by atoms with Gasteiger partial charge in [-0.05, 0) is 42.8 Å². The number of ether oxygens (including phenoxy) is 1. The maximum atomic E-state index is 14.4. The van der Waals surface area contributed by atoms with Crippen LogP contribution < -0.4 is 21.0 Å². The number of nitrogens with zero attached hydrogens (tertiary/aromatic N) is 5. The number of amides is 1. The lowest BCUT2D eigenvalue weighted by molar-refractivity contribution is -0.121. The summed E-state index contributed by atoms with van der Waals surface area (Å²) in [6.45, 7) is 2.01. The Bertz CT molecular complexity index is 1800.